The Labute approximate surface area is 163 Å². The van der Waals surface area contributed by atoms with Crippen LogP contribution in [0, 0.1) is 0 Å². The fourth-order valence-electron chi connectivity index (χ4n) is 2.43. The lowest BCUT2D eigenvalue weighted by atomic mass is 10.2. The molecule has 0 saturated heterocycles. The van der Waals surface area contributed by atoms with Crippen molar-refractivity contribution in [3.8, 4) is 11.5 Å². The monoisotopic (exact) mass is 385 g/mol. The number of rotatable bonds is 9. The molecule has 0 spiro atoms. The summed E-state index contributed by atoms with van der Waals surface area (Å²) < 4.78 is 10.5. The van der Waals surface area contributed by atoms with E-state index in [1.54, 1.807) is 49.4 Å². The molecule has 8 heteroatoms. The number of nitrogens with zero attached hydrogens (tertiary/aromatic N) is 1. The topological polar surface area (TPSA) is 111 Å². The molecule has 2 aromatic rings. The van der Waals surface area contributed by atoms with E-state index >= 15 is 0 Å². The molecule has 0 fully saturated rings. The summed E-state index contributed by atoms with van der Waals surface area (Å²) in [6.45, 7) is 1.74. The summed E-state index contributed by atoms with van der Waals surface area (Å²) in [4.78, 5) is 37.2. The van der Waals surface area contributed by atoms with Gasteiger partial charge in [-0.3, -0.25) is 14.4 Å². The summed E-state index contributed by atoms with van der Waals surface area (Å²) in [5.74, 6) is -0.303. The lowest BCUT2D eigenvalue weighted by Gasteiger charge is -2.20. The van der Waals surface area contributed by atoms with E-state index in [9.17, 15) is 14.4 Å². The largest absolute Gasteiger partial charge is 0.497 e. The molecule has 0 atom stereocenters. The van der Waals surface area contributed by atoms with Crippen molar-refractivity contribution in [2.24, 2.45) is 5.73 Å². The van der Waals surface area contributed by atoms with Crippen LogP contribution in [0.15, 0.2) is 48.5 Å². The van der Waals surface area contributed by atoms with Gasteiger partial charge < -0.3 is 25.4 Å². The third-order valence-corrected chi connectivity index (χ3v) is 3.90. The molecule has 0 heterocycles. The van der Waals surface area contributed by atoms with E-state index in [1.165, 1.54) is 18.1 Å². The maximum absolute atomic E-state index is 12.4. The van der Waals surface area contributed by atoms with Crippen LogP contribution in [0.4, 0.5) is 5.69 Å². The molecule has 0 radical (unpaired) electrons. The minimum atomic E-state index is -0.582. The number of hydrogen-bond acceptors (Lipinski definition) is 5. The van der Waals surface area contributed by atoms with Gasteiger partial charge in [-0.2, -0.15) is 0 Å². The number of likely N-dealkylation sites (N-methyl/N-ethyl adjacent to an activating group) is 1. The summed E-state index contributed by atoms with van der Waals surface area (Å²) in [6, 6.07) is 13.2. The number of methoxy groups -OCH3 is 1. The molecule has 0 saturated carbocycles. The summed E-state index contributed by atoms with van der Waals surface area (Å²) in [5, 5.41) is 2.73. The molecule has 28 heavy (non-hydrogen) atoms. The number of ether oxygens (including phenoxy) is 2. The minimum Gasteiger partial charge on any atom is -0.497 e. The molecule has 3 amide bonds. The number of amides is 3. The van der Waals surface area contributed by atoms with Crippen LogP contribution in [-0.2, 0) is 9.59 Å². The van der Waals surface area contributed by atoms with Crippen molar-refractivity contribution in [2.45, 2.75) is 6.92 Å². The second kappa shape index (κ2) is 9.96. The van der Waals surface area contributed by atoms with Crippen LogP contribution >= 0.6 is 0 Å². The van der Waals surface area contributed by atoms with E-state index in [0.717, 1.165) is 0 Å². The standard InChI is InChI=1S/C20H23N3O5/c1-3-23(12-18(24)22-15-7-5-8-16(11-15)27-2)19(25)13-28-17-9-4-6-14(10-17)20(21)26/h4-11H,3,12-13H2,1-2H3,(H2,21,26)(H,22,24). The zero-order valence-electron chi connectivity index (χ0n) is 15.8. The maximum Gasteiger partial charge on any atom is 0.260 e. The van der Waals surface area contributed by atoms with Crippen LogP contribution in [0.3, 0.4) is 0 Å². The third kappa shape index (κ3) is 6.01. The predicted octanol–water partition coefficient (Wildman–Crippen LogP) is 1.66. The van der Waals surface area contributed by atoms with Crippen LogP contribution in [-0.4, -0.2) is 49.4 Å². The van der Waals surface area contributed by atoms with Crippen molar-refractivity contribution in [1.82, 2.24) is 4.90 Å². The van der Waals surface area contributed by atoms with E-state index < -0.39 is 5.91 Å². The Kier molecular flexibility index (Phi) is 7.38. The fourth-order valence-corrected chi connectivity index (χ4v) is 2.43. The summed E-state index contributed by atoms with van der Waals surface area (Å²) in [6.07, 6.45) is 0. The van der Waals surface area contributed by atoms with Crippen LogP contribution in [0.5, 0.6) is 11.5 Å². The van der Waals surface area contributed by atoms with E-state index in [2.05, 4.69) is 5.32 Å². The number of nitrogens with one attached hydrogen (secondary N) is 1. The average molecular weight is 385 g/mol. The number of anilines is 1. The SMILES string of the molecule is CCN(CC(=O)Nc1cccc(OC)c1)C(=O)COc1cccc(C(N)=O)c1. The number of benzene rings is 2. The van der Waals surface area contributed by atoms with Crippen molar-refractivity contribution in [1.29, 1.82) is 0 Å². The zero-order valence-corrected chi connectivity index (χ0v) is 15.8. The Hall–Kier alpha value is -3.55. The van der Waals surface area contributed by atoms with Crippen molar-refractivity contribution >= 4 is 23.4 Å². The Balaban J connectivity index is 1.90. The van der Waals surface area contributed by atoms with Gasteiger partial charge in [0.1, 0.15) is 11.5 Å². The first-order valence-electron chi connectivity index (χ1n) is 8.67. The van der Waals surface area contributed by atoms with Gasteiger partial charge >= 0.3 is 0 Å². The first-order valence-corrected chi connectivity index (χ1v) is 8.67. The fraction of sp³-hybridized carbons (Fsp3) is 0.250. The third-order valence-electron chi connectivity index (χ3n) is 3.90. The molecule has 0 aliphatic carbocycles. The highest BCUT2D eigenvalue weighted by molar-refractivity contribution is 5.95. The van der Waals surface area contributed by atoms with Gasteiger partial charge in [0.2, 0.25) is 11.8 Å². The summed E-state index contributed by atoms with van der Waals surface area (Å²) in [7, 11) is 1.54. The van der Waals surface area contributed by atoms with Crippen molar-refractivity contribution in [3.05, 3.63) is 54.1 Å². The van der Waals surface area contributed by atoms with Gasteiger partial charge in [0, 0.05) is 23.9 Å². The molecule has 8 nitrogen and oxygen atoms in total. The Morgan fingerprint density at radius 2 is 1.79 bits per heavy atom. The normalized spacial score (nSPS) is 10.1. The van der Waals surface area contributed by atoms with E-state index in [4.69, 9.17) is 15.2 Å². The van der Waals surface area contributed by atoms with Crippen molar-refractivity contribution < 1.29 is 23.9 Å². The highest BCUT2D eigenvalue weighted by Gasteiger charge is 2.16. The highest BCUT2D eigenvalue weighted by atomic mass is 16.5. The highest BCUT2D eigenvalue weighted by Crippen LogP contribution is 2.16. The molecule has 0 bridgehead atoms. The Morgan fingerprint density at radius 1 is 1.07 bits per heavy atom. The molecule has 3 N–H and O–H groups in total. The number of primary amides is 1. The molecule has 0 unspecified atom stereocenters. The molecular formula is C20H23N3O5. The van der Waals surface area contributed by atoms with Gasteiger partial charge in [-0.05, 0) is 37.3 Å². The lowest BCUT2D eigenvalue weighted by Crippen LogP contribution is -2.40. The number of hydrogen-bond donors (Lipinski definition) is 2. The summed E-state index contributed by atoms with van der Waals surface area (Å²) >= 11 is 0. The molecule has 2 aromatic carbocycles. The van der Waals surface area contributed by atoms with E-state index in [0.29, 0.717) is 23.7 Å². The van der Waals surface area contributed by atoms with Gasteiger partial charge in [0.05, 0.1) is 13.7 Å². The summed E-state index contributed by atoms with van der Waals surface area (Å²) in [5.41, 5.74) is 6.09. The van der Waals surface area contributed by atoms with Crippen LogP contribution in [0.1, 0.15) is 17.3 Å². The minimum absolute atomic E-state index is 0.114. The molecule has 148 valence electrons. The number of nitrogens with two attached hydrogens (primary N) is 1. The van der Waals surface area contributed by atoms with Gasteiger partial charge in [-0.1, -0.05) is 12.1 Å². The molecule has 0 aromatic heterocycles. The van der Waals surface area contributed by atoms with Gasteiger partial charge in [-0.15, -0.1) is 0 Å². The smallest absolute Gasteiger partial charge is 0.260 e. The van der Waals surface area contributed by atoms with E-state index in [1.807, 2.05) is 0 Å². The number of carbonyl (C=O) groups is 3. The first-order chi connectivity index (χ1) is 13.4. The quantitative estimate of drug-likeness (QED) is 0.682. The zero-order chi connectivity index (χ0) is 20.5. The van der Waals surface area contributed by atoms with Gasteiger partial charge in [-0.25, -0.2) is 0 Å². The average Bonchev–Trinajstić information content (AvgIpc) is 2.70. The van der Waals surface area contributed by atoms with Crippen LogP contribution in [0.2, 0.25) is 0 Å². The van der Waals surface area contributed by atoms with Crippen LogP contribution in [0.25, 0.3) is 0 Å². The molecule has 0 aliphatic heterocycles. The Morgan fingerprint density at radius 3 is 2.46 bits per heavy atom. The second-order valence-electron chi connectivity index (χ2n) is 5.87. The first kappa shape index (κ1) is 20.8. The molecule has 0 aliphatic rings. The van der Waals surface area contributed by atoms with Crippen LogP contribution < -0.4 is 20.5 Å². The second-order valence-corrected chi connectivity index (χ2v) is 5.87. The van der Waals surface area contributed by atoms with E-state index in [-0.39, 0.29) is 30.5 Å². The molecule has 2 rings (SSSR count). The van der Waals surface area contributed by atoms with Gasteiger partial charge in [0.15, 0.2) is 6.61 Å². The maximum atomic E-state index is 12.4. The lowest BCUT2D eigenvalue weighted by molar-refractivity contribution is -0.136. The van der Waals surface area contributed by atoms with Crippen molar-refractivity contribution in [2.75, 3.05) is 32.1 Å². The Bertz CT molecular complexity index is 853. The van der Waals surface area contributed by atoms with Gasteiger partial charge in [0.25, 0.3) is 5.91 Å². The van der Waals surface area contributed by atoms with Crippen molar-refractivity contribution in [3.63, 3.8) is 0 Å². The molecular weight excluding hydrogens is 362 g/mol. The number of carbonyl (C=O) groups excluding carboxylic acids is 3. The predicted molar refractivity (Wildman–Crippen MR) is 104 cm³/mol.